The molecule has 0 amide bonds. The Bertz CT molecular complexity index is 1330. The van der Waals surface area contributed by atoms with Crippen LogP contribution in [0.5, 0.6) is 0 Å². The number of thiazole rings is 1. The number of nitrogens with zero attached hydrogens (tertiary/aromatic N) is 3. The first-order valence-electron chi connectivity index (χ1n) is 8.76. The van der Waals surface area contributed by atoms with Crippen LogP contribution in [-0.4, -0.2) is 14.5 Å². The summed E-state index contributed by atoms with van der Waals surface area (Å²) in [6.07, 6.45) is 0.877. The molecule has 2 heterocycles. The minimum atomic E-state index is -1.59. The Kier molecular flexibility index (Phi) is 5.02. The van der Waals surface area contributed by atoms with Crippen LogP contribution in [0.1, 0.15) is 16.1 Å². The van der Waals surface area contributed by atoms with Crippen molar-refractivity contribution in [3.8, 4) is 0 Å². The maximum absolute atomic E-state index is 13.9. The van der Waals surface area contributed by atoms with Crippen molar-refractivity contribution in [3.63, 3.8) is 0 Å². The highest BCUT2D eigenvalue weighted by molar-refractivity contribution is 7.18. The molecule has 0 saturated carbocycles. The van der Waals surface area contributed by atoms with Gasteiger partial charge in [-0.05, 0) is 49.2 Å². The molecule has 30 heavy (non-hydrogen) atoms. The van der Waals surface area contributed by atoms with Gasteiger partial charge in [-0.15, -0.1) is 11.3 Å². The van der Waals surface area contributed by atoms with Crippen molar-refractivity contribution in [1.29, 1.82) is 0 Å². The highest BCUT2D eigenvalue weighted by atomic mass is 32.1. The van der Waals surface area contributed by atoms with Crippen LogP contribution in [-0.2, 0) is 6.54 Å². The van der Waals surface area contributed by atoms with Crippen LogP contribution in [0.4, 0.5) is 29.2 Å². The quantitative estimate of drug-likeness (QED) is 0.370. The Morgan fingerprint density at radius 2 is 1.70 bits per heavy atom. The molecule has 0 fully saturated rings. The average molecular weight is 434 g/mol. The van der Waals surface area contributed by atoms with Crippen LogP contribution < -0.4 is 10.9 Å². The molecule has 0 atom stereocenters. The Hall–Kier alpha value is -3.27. The maximum Gasteiger partial charge on any atom is 0.310 e. The largest absolute Gasteiger partial charge is 0.325 e. The molecule has 0 spiro atoms. The molecule has 154 valence electrons. The second kappa shape index (κ2) is 7.52. The number of aryl methyl sites for hydroxylation is 2. The normalized spacial score (nSPS) is 11.3. The molecular formula is C20H14F4N4OS. The molecule has 2 aromatic carbocycles. The van der Waals surface area contributed by atoms with Crippen molar-refractivity contribution in [2.75, 3.05) is 5.32 Å². The minimum absolute atomic E-state index is 0.0320. The van der Waals surface area contributed by atoms with E-state index < -0.39 is 28.8 Å². The second-order valence-corrected chi connectivity index (χ2v) is 7.95. The molecule has 1 N–H and O–H groups in total. The van der Waals surface area contributed by atoms with Crippen LogP contribution >= 0.6 is 11.3 Å². The number of fused-ring (bicyclic) bond motifs is 1. The lowest BCUT2D eigenvalue weighted by Crippen LogP contribution is -2.20. The van der Waals surface area contributed by atoms with Crippen LogP contribution in [0.3, 0.4) is 0 Å². The summed E-state index contributed by atoms with van der Waals surface area (Å²) < 4.78 is 56.3. The number of hydrogen-bond acceptors (Lipinski definition) is 5. The Morgan fingerprint density at radius 1 is 1.00 bits per heavy atom. The molecule has 0 aliphatic heterocycles. The average Bonchev–Trinajstić information content (AvgIpc) is 3.02. The van der Waals surface area contributed by atoms with E-state index in [1.54, 1.807) is 0 Å². The molecule has 4 rings (SSSR count). The fraction of sp³-hybridized carbons (Fsp3) is 0.150. The third-order valence-electron chi connectivity index (χ3n) is 4.44. The highest BCUT2D eigenvalue weighted by Crippen LogP contribution is 2.29. The van der Waals surface area contributed by atoms with Gasteiger partial charge >= 0.3 is 5.56 Å². The first-order valence-corrected chi connectivity index (χ1v) is 9.58. The molecule has 0 bridgehead atoms. The molecule has 0 aliphatic carbocycles. The van der Waals surface area contributed by atoms with Crippen molar-refractivity contribution in [2.45, 2.75) is 20.4 Å². The standard InChI is InChI=1S/C20H14F4N4OS/c1-9-3-16-17(30-10(2)25-16)6-15(9)26-20-27-19(29)14(23)8-28(20)7-11-4-12(21)18(24)13(22)5-11/h3-6,8H,7H2,1-2H3,(H,26,27,29). The number of anilines is 2. The van der Waals surface area contributed by atoms with Crippen molar-refractivity contribution in [3.05, 3.63) is 80.2 Å². The molecule has 0 radical (unpaired) electrons. The zero-order valence-corrected chi connectivity index (χ0v) is 16.6. The first-order chi connectivity index (χ1) is 14.2. The van der Waals surface area contributed by atoms with E-state index in [0.717, 1.165) is 39.1 Å². The number of hydrogen-bond donors (Lipinski definition) is 1. The smallest absolute Gasteiger partial charge is 0.310 e. The van der Waals surface area contributed by atoms with E-state index in [4.69, 9.17) is 0 Å². The molecule has 4 aromatic rings. The Labute approximate surface area is 171 Å². The lowest BCUT2D eigenvalue weighted by Gasteiger charge is -2.15. The van der Waals surface area contributed by atoms with Gasteiger partial charge in [0.2, 0.25) is 11.8 Å². The molecule has 0 saturated heterocycles. The summed E-state index contributed by atoms with van der Waals surface area (Å²) in [5, 5.41) is 3.86. The molecule has 0 aliphatic rings. The molecular weight excluding hydrogens is 420 g/mol. The van der Waals surface area contributed by atoms with E-state index in [1.807, 2.05) is 26.0 Å². The molecule has 10 heteroatoms. The third kappa shape index (κ3) is 3.78. The van der Waals surface area contributed by atoms with Gasteiger partial charge in [-0.1, -0.05) is 0 Å². The lowest BCUT2D eigenvalue weighted by atomic mass is 10.2. The molecule has 2 aromatic heterocycles. The topological polar surface area (TPSA) is 59.8 Å². The van der Waals surface area contributed by atoms with Gasteiger partial charge in [0.25, 0.3) is 0 Å². The summed E-state index contributed by atoms with van der Waals surface area (Å²) in [5.41, 5.74) is 1.18. The Morgan fingerprint density at radius 3 is 2.40 bits per heavy atom. The number of benzene rings is 2. The minimum Gasteiger partial charge on any atom is -0.325 e. The summed E-state index contributed by atoms with van der Waals surface area (Å²) in [7, 11) is 0. The summed E-state index contributed by atoms with van der Waals surface area (Å²) in [4.78, 5) is 19.9. The lowest BCUT2D eigenvalue weighted by molar-refractivity contribution is 0.444. The maximum atomic E-state index is 13.9. The van der Waals surface area contributed by atoms with Gasteiger partial charge in [0, 0.05) is 11.9 Å². The van der Waals surface area contributed by atoms with E-state index >= 15 is 0 Å². The van der Waals surface area contributed by atoms with Crippen molar-refractivity contribution in [2.24, 2.45) is 0 Å². The fourth-order valence-electron chi connectivity index (χ4n) is 3.03. The van der Waals surface area contributed by atoms with E-state index in [0.29, 0.717) is 5.69 Å². The van der Waals surface area contributed by atoms with E-state index in [-0.39, 0.29) is 18.1 Å². The molecule has 5 nitrogen and oxygen atoms in total. The number of rotatable bonds is 4. The molecule has 0 unspecified atom stereocenters. The van der Waals surface area contributed by atoms with Gasteiger partial charge in [-0.2, -0.15) is 9.37 Å². The first kappa shape index (κ1) is 20.0. The zero-order valence-electron chi connectivity index (χ0n) is 15.8. The fourth-order valence-corrected chi connectivity index (χ4v) is 3.88. The van der Waals surface area contributed by atoms with Gasteiger partial charge in [0.1, 0.15) is 0 Å². The van der Waals surface area contributed by atoms with Gasteiger partial charge < -0.3 is 9.88 Å². The van der Waals surface area contributed by atoms with E-state index in [2.05, 4.69) is 15.3 Å². The van der Waals surface area contributed by atoms with Gasteiger partial charge in [-0.25, -0.2) is 18.2 Å². The van der Waals surface area contributed by atoms with Gasteiger partial charge in [-0.3, -0.25) is 4.79 Å². The summed E-state index contributed by atoms with van der Waals surface area (Å²) >= 11 is 1.48. The highest BCUT2D eigenvalue weighted by Gasteiger charge is 2.15. The predicted octanol–water partition coefficient (Wildman–Crippen LogP) is 4.82. The van der Waals surface area contributed by atoms with E-state index in [9.17, 15) is 22.4 Å². The van der Waals surface area contributed by atoms with Gasteiger partial charge in [0.05, 0.1) is 21.8 Å². The Balaban J connectivity index is 1.76. The van der Waals surface area contributed by atoms with E-state index in [1.165, 1.54) is 15.9 Å². The monoisotopic (exact) mass is 434 g/mol. The SMILES string of the molecule is Cc1nc2cc(C)c(Nc3nc(=O)c(F)cn3Cc3cc(F)c(F)c(F)c3)cc2s1. The third-order valence-corrected chi connectivity index (χ3v) is 5.37. The van der Waals surface area contributed by atoms with Crippen molar-refractivity contribution < 1.29 is 17.6 Å². The predicted molar refractivity (Wildman–Crippen MR) is 106 cm³/mol. The van der Waals surface area contributed by atoms with Gasteiger partial charge in [0.15, 0.2) is 17.5 Å². The number of aromatic nitrogens is 3. The van der Waals surface area contributed by atoms with Crippen LogP contribution in [0.15, 0.2) is 35.3 Å². The number of nitrogens with one attached hydrogen (secondary N) is 1. The van der Waals surface area contributed by atoms with Crippen LogP contribution in [0.25, 0.3) is 10.2 Å². The zero-order chi connectivity index (χ0) is 21.6. The number of halogens is 4. The summed E-state index contributed by atoms with van der Waals surface area (Å²) in [6.45, 7) is 3.46. The van der Waals surface area contributed by atoms with Crippen molar-refractivity contribution >= 4 is 33.2 Å². The van der Waals surface area contributed by atoms with Crippen LogP contribution in [0, 0.1) is 37.1 Å². The second-order valence-electron chi connectivity index (χ2n) is 6.71. The summed E-state index contributed by atoms with van der Waals surface area (Å²) in [5.74, 6) is -5.49. The van der Waals surface area contributed by atoms with Crippen molar-refractivity contribution in [1.82, 2.24) is 14.5 Å². The van der Waals surface area contributed by atoms with Crippen LogP contribution in [0.2, 0.25) is 0 Å². The summed E-state index contributed by atoms with van der Waals surface area (Å²) in [6, 6.07) is 5.29.